The van der Waals surface area contributed by atoms with Crippen molar-refractivity contribution in [2.24, 2.45) is 5.90 Å². The summed E-state index contributed by atoms with van der Waals surface area (Å²) in [6.45, 7) is 0. The van der Waals surface area contributed by atoms with E-state index in [1.165, 1.54) is 10.6 Å². The molecule has 15 heavy (non-hydrogen) atoms. The average Bonchev–Trinajstić information content (AvgIpc) is 2.34. The van der Waals surface area contributed by atoms with E-state index in [9.17, 15) is 0 Å². The van der Waals surface area contributed by atoms with Gasteiger partial charge >= 0.3 is 0 Å². The van der Waals surface area contributed by atoms with E-state index in [-0.39, 0.29) is 0 Å². The molecule has 0 heterocycles. The molecule has 2 aromatic carbocycles. The predicted molar refractivity (Wildman–Crippen MR) is 66.4 cm³/mol. The van der Waals surface area contributed by atoms with Gasteiger partial charge in [-0.1, -0.05) is 69.2 Å². The Kier molecular flexibility index (Phi) is 5.64. The van der Waals surface area contributed by atoms with Gasteiger partial charge in [-0.25, -0.2) is 5.90 Å². The van der Waals surface area contributed by atoms with Gasteiger partial charge in [-0.05, 0) is 10.6 Å². The molecule has 0 aliphatic heterocycles. The minimum absolute atomic E-state index is 0.777. The number of nitrogens with two attached hydrogens (primary N) is 1. The van der Waals surface area contributed by atoms with Crippen LogP contribution in [0.1, 0.15) is 0 Å². The van der Waals surface area contributed by atoms with Crippen LogP contribution in [0.2, 0.25) is 0 Å². The summed E-state index contributed by atoms with van der Waals surface area (Å²) in [6, 6.07) is 21.2. The predicted octanol–water partition coefficient (Wildman–Crippen LogP) is 1.65. The van der Waals surface area contributed by atoms with Crippen molar-refractivity contribution in [2.75, 3.05) is 0 Å². The first-order valence-corrected chi connectivity index (χ1v) is 5.58. The minimum atomic E-state index is 0.777. The molecule has 78 valence electrons. The van der Waals surface area contributed by atoms with Gasteiger partial charge < -0.3 is 5.21 Å². The van der Waals surface area contributed by atoms with Crippen molar-refractivity contribution in [1.29, 1.82) is 0 Å². The maximum Gasteiger partial charge on any atom is -0.0226 e. The Morgan fingerprint density at radius 2 is 1.00 bits per heavy atom. The summed E-state index contributed by atoms with van der Waals surface area (Å²) in [5.74, 6) is 3.50. The molecule has 0 bridgehead atoms. The second kappa shape index (κ2) is 7.13. The fourth-order valence-electron chi connectivity index (χ4n) is 1.21. The maximum atomic E-state index is 6.50. The van der Waals surface area contributed by atoms with Crippen LogP contribution in [0.5, 0.6) is 0 Å². The molecule has 0 aliphatic carbocycles. The van der Waals surface area contributed by atoms with Gasteiger partial charge in [-0.15, -0.1) is 0 Å². The Morgan fingerprint density at radius 3 is 1.33 bits per heavy atom. The van der Waals surface area contributed by atoms with E-state index in [1.54, 1.807) is 0 Å². The molecule has 0 spiro atoms. The molecular weight excluding hydrogens is 205 g/mol. The fraction of sp³-hybridized carbons (Fsp3) is 0. The molecule has 0 fully saturated rings. The Bertz CT molecular complexity index is 326. The zero-order valence-corrected chi connectivity index (χ0v) is 9.30. The summed E-state index contributed by atoms with van der Waals surface area (Å²) < 4.78 is 0. The summed E-state index contributed by atoms with van der Waals surface area (Å²) >= 11 is 0. The molecule has 2 rings (SSSR count). The van der Waals surface area contributed by atoms with Crippen molar-refractivity contribution in [2.45, 2.75) is 0 Å². The van der Waals surface area contributed by atoms with E-state index in [0.717, 1.165) is 8.58 Å². The number of hydrogen-bond donors (Lipinski definition) is 2. The third kappa shape index (κ3) is 4.22. The Balaban J connectivity index is 0.000000531. The van der Waals surface area contributed by atoms with Crippen LogP contribution in [0.15, 0.2) is 60.7 Å². The highest BCUT2D eigenvalue weighted by atomic mass is 31.1. The van der Waals surface area contributed by atoms with E-state index in [1.807, 2.05) is 0 Å². The molecule has 0 radical (unpaired) electrons. The van der Waals surface area contributed by atoms with Crippen LogP contribution in [-0.2, 0) is 0 Å². The topological polar surface area (TPSA) is 46.2 Å². The van der Waals surface area contributed by atoms with E-state index >= 15 is 0 Å². The normalized spacial score (nSPS) is 8.93. The lowest BCUT2D eigenvalue weighted by atomic mass is 10.4. The Labute approximate surface area is 91.5 Å². The minimum Gasteiger partial charge on any atom is -0.320 e. The fourth-order valence-corrected chi connectivity index (χ4v) is 2.26. The van der Waals surface area contributed by atoms with Crippen molar-refractivity contribution in [3.63, 3.8) is 0 Å². The number of benzene rings is 2. The van der Waals surface area contributed by atoms with Gasteiger partial charge in [0, 0.05) is 0 Å². The van der Waals surface area contributed by atoms with Crippen molar-refractivity contribution in [1.82, 2.24) is 0 Å². The van der Waals surface area contributed by atoms with E-state index in [0.29, 0.717) is 0 Å². The highest BCUT2D eigenvalue weighted by Crippen LogP contribution is 2.08. The Morgan fingerprint density at radius 1 is 0.667 bits per heavy atom. The Hall–Kier alpha value is -1.21. The van der Waals surface area contributed by atoms with E-state index < -0.39 is 0 Å². The smallest absolute Gasteiger partial charge is 0.0226 e. The van der Waals surface area contributed by atoms with Gasteiger partial charge in [-0.2, -0.15) is 0 Å². The lowest BCUT2D eigenvalue weighted by Gasteiger charge is -2.00. The highest BCUT2D eigenvalue weighted by Gasteiger charge is 1.92. The molecule has 0 saturated carbocycles. The molecule has 3 N–H and O–H groups in total. The lowest BCUT2D eigenvalue weighted by molar-refractivity contribution is 0.311. The molecule has 0 aromatic heterocycles. The first kappa shape index (κ1) is 11.9. The van der Waals surface area contributed by atoms with Gasteiger partial charge in [-0.3, -0.25) is 0 Å². The zero-order chi connectivity index (χ0) is 10.9. The number of hydrogen-bond acceptors (Lipinski definition) is 2. The van der Waals surface area contributed by atoms with Crippen molar-refractivity contribution >= 4 is 19.2 Å². The third-order valence-electron chi connectivity index (χ3n) is 1.84. The first-order valence-electron chi connectivity index (χ1n) is 4.58. The summed E-state index contributed by atoms with van der Waals surface area (Å²) in [5.41, 5.74) is 0. The zero-order valence-electron chi connectivity index (χ0n) is 8.30. The number of rotatable bonds is 2. The maximum absolute atomic E-state index is 6.50. The molecule has 0 atom stereocenters. The van der Waals surface area contributed by atoms with Gasteiger partial charge in [0.05, 0.1) is 0 Å². The molecule has 0 amide bonds. The van der Waals surface area contributed by atoms with Gasteiger partial charge in [0.15, 0.2) is 0 Å². The lowest BCUT2D eigenvalue weighted by Crippen LogP contribution is -2.01. The standard InChI is InChI=1S/C12H11P.H3NO/c1-3-7-11(8-4-1)13-12-9-5-2-6-10-12;1-2/h1-10,13H;2H,1H2. The molecule has 0 saturated heterocycles. The van der Waals surface area contributed by atoms with Crippen molar-refractivity contribution in [3.8, 4) is 0 Å². The van der Waals surface area contributed by atoms with Gasteiger partial charge in [0.25, 0.3) is 0 Å². The van der Waals surface area contributed by atoms with Crippen LogP contribution < -0.4 is 16.5 Å². The van der Waals surface area contributed by atoms with Crippen LogP contribution in [-0.4, -0.2) is 5.21 Å². The van der Waals surface area contributed by atoms with Crippen LogP contribution in [0, 0.1) is 0 Å². The molecule has 2 aromatic rings. The second-order valence-corrected chi connectivity index (χ2v) is 4.26. The van der Waals surface area contributed by atoms with Gasteiger partial charge in [0.2, 0.25) is 0 Å². The summed E-state index contributed by atoms with van der Waals surface area (Å²) in [6.07, 6.45) is 0. The summed E-state index contributed by atoms with van der Waals surface area (Å²) in [7, 11) is 0.777. The third-order valence-corrected chi connectivity index (χ3v) is 3.08. The van der Waals surface area contributed by atoms with Crippen molar-refractivity contribution in [3.05, 3.63) is 60.7 Å². The average molecular weight is 219 g/mol. The van der Waals surface area contributed by atoms with Crippen LogP contribution in [0.3, 0.4) is 0 Å². The molecular formula is C12H14NOP. The molecule has 0 unspecified atom stereocenters. The molecule has 0 aliphatic rings. The molecule has 2 nitrogen and oxygen atoms in total. The second-order valence-electron chi connectivity index (χ2n) is 2.86. The summed E-state index contributed by atoms with van der Waals surface area (Å²) in [5, 5.41) is 9.29. The van der Waals surface area contributed by atoms with E-state index in [4.69, 9.17) is 5.21 Å². The largest absolute Gasteiger partial charge is 0.320 e. The molecule has 3 heteroatoms. The van der Waals surface area contributed by atoms with Crippen molar-refractivity contribution < 1.29 is 5.21 Å². The SMILES string of the molecule is NO.c1ccc(Pc2ccccc2)cc1. The van der Waals surface area contributed by atoms with Crippen LogP contribution in [0.25, 0.3) is 0 Å². The quantitative estimate of drug-likeness (QED) is 0.596. The van der Waals surface area contributed by atoms with Gasteiger partial charge in [0.1, 0.15) is 0 Å². The highest BCUT2D eigenvalue weighted by molar-refractivity contribution is 7.55. The summed E-state index contributed by atoms with van der Waals surface area (Å²) in [4.78, 5) is 0. The first-order chi connectivity index (χ1) is 7.45. The monoisotopic (exact) mass is 219 g/mol. The van der Waals surface area contributed by atoms with E-state index in [2.05, 4.69) is 66.6 Å². The van der Waals surface area contributed by atoms with Crippen LogP contribution in [0.4, 0.5) is 0 Å². The van der Waals surface area contributed by atoms with Crippen LogP contribution >= 0.6 is 8.58 Å².